The van der Waals surface area contributed by atoms with Gasteiger partial charge in [-0.05, 0) is 13.0 Å². The standard InChI is InChI=1S/C7H11N3O2/c1-4(8)2-5-3-6(7(11)12)10-9-5/h3-4H,2,8H2,1H3,(H,9,10)(H,11,12). The molecule has 66 valence electrons. The number of aromatic nitrogens is 2. The van der Waals surface area contributed by atoms with Gasteiger partial charge >= 0.3 is 5.97 Å². The minimum Gasteiger partial charge on any atom is -0.476 e. The Morgan fingerprint density at radius 2 is 2.58 bits per heavy atom. The molecule has 0 fully saturated rings. The fourth-order valence-corrected chi connectivity index (χ4v) is 0.923. The van der Waals surface area contributed by atoms with Gasteiger partial charge in [-0.2, -0.15) is 5.10 Å². The monoisotopic (exact) mass is 169 g/mol. The Bertz CT molecular complexity index is 280. The van der Waals surface area contributed by atoms with E-state index in [1.54, 1.807) is 0 Å². The normalized spacial score (nSPS) is 12.8. The summed E-state index contributed by atoms with van der Waals surface area (Å²) in [5, 5.41) is 14.7. The van der Waals surface area contributed by atoms with E-state index in [1.807, 2.05) is 6.92 Å². The number of carboxylic acid groups (broad SMARTS) is 1. The molecule has 5 nitrogen and oxygen atoms in total. The Morgan fingerprint density at radius 1 is 1.92 bits per heavy atom. The third-order valence-corrected chi connectivity index (χ3v) is 1.39. The summed E-state index contributed by atoms with van der Waals surface area (Å²) >= 11 is 0. The summed E-state index contributed by atoms with van der Waals surface area (Å²) in [5.41, 5.74) is 6.30. The van der Waals surface area contributed by atoms with Crippen LogP contribution in [0.2, 0.25) is 0 Å². The average Bonchev–Trinajstić information content (AvgIpc) is 2.34. The number of nitrogens with zero attached hydrogens (tertiary/aromatic N) is 1. The van der Waals surface area contributed by atoms with Crippen molar-refractivity contribution in [1.29, 1.82) is 0 Å². The lowest BCUT2D eigenvalue weighted by Crippen LogP contribution is -2.17. The van der Waals surface area contributed by atoms with E-state index in [1.165, 1.54) is 6.07 Å². The summed E-state index contributed by atoms with van der Waals surface area (Å²) in [4.78, 5) is 10.4. The average molecular weight is 169 g/mol. The van der Waals surface area contributed by atoms with E-state index in [2.05, 4.69) is 10.2 Å². The van der Waals surface area contributed by atoms with Gasteiger partial charge in [0.1, 0.15) is 0 Å². The van der Waals surface area contributed by atoms with E-state index in [-0.39, 0.29) is 11.7 Å². The zero-order valence-corrected chi connectivity index (χ0v) is 6.74. The van der Waals surface area contributed by atoms with Crippen LogP contribution in [-0.2, 0) is 6.42 Å². The predicted molar refractivity (Wildman–Crippen MR) is 42.9 cm³/mol. The molecule has 1 unspecified atom stereocenters. The first-order valence-corrected chi connectivity index (χ1v) is 3.62. The van der Waals surface area contributed by atoms with Gasteiger partial charge in [0, 0.05) is 18.2 Å². The maximum Gasteiger partial charge on any atom is 0.356 e. The van der Waals surface area contributed by atoms with Crippen LogP contribution in [-0.4, -0.2) is 27.3 Å². The zero-order chi connectivity index (χ0) is 9.14. The van der Waals surface area contributed by atoms with Crippen molar-refractivity contribution in [2.24, 2.45) is 5.73 Å². The lowest BCUT2D eigenvalue weighted by atomic mass is 10.2. The number of nitrogens with one attached hydrogen (secondary N) is 1. The fraction of sp³-hybridized carbons (Fsp3) is 0.429. The molecule has 0 bridgehead atoms. The highest BCUT2D eigenvalue weighted by Gasteiger charge is 2.08. The third-order valence-electron chi connectivity index (χ3n) is 1.39. The fourth-order valence-electron chi connectivity index (χ4n) is 0.923. The third kappa shape index (κ3) is 2.06. The van der Waals surface area contributed by atoms with E-state index in [9.17, 15) is 4.79 Å². The van der Waals surface area contributed by atoms with Crippen LogP contribution in [0.5, 0.6) is 0 Å². The number of hydrogen-bond acceptors (Lipinski definition) is 3. The smallest absolute Gasteiger partial charge is 0.356 e. The molecule has 1 aromatic heterocycles. The van der Waals surface area contributed by atoms with Crippen LogP contribution >= 0.6 is 0 Å². The Morgan fingerprint density at radius 3 is 3.00 bits per heavy atom. The number of rotatable bonds is 3. The number of carboxylic acids is 1. The van der Waals surface area contributed by atoms with Crippen molar-refractivity contribution in [3.8, 4) is 0 Å². The second-order valence-corrected chi connectivity index (χ2v) is 2.76. The zero-order valence-electron chi connectivity index (χ0n) is 6.74. The molecule has 1 rings (SSSR count). The first kappa shape index (κ1) is 8.73. The van der Waals surface area contributed by atoms with Crippen molar-refractivity contribution in [2.45, 2.75) is 19.4 Å². The summed E-state index contributed by atoms with van der Waals surface area (Å²) in [7, 11) is 0. The van der Waals surface area contributed by atoms with Gasteiger partial charge in [0.15, 0.2) is 5.69 Å². The van der Waals surface area contributed by atoms with Gasteiger partial charge in [0.05, 0.1) is 0 Å². The SMILES string of the molecule is CC(N)Cc1cc(C(=O)O)n[nH]1. The minimum atomic E-state index is -1.03. The molecular weight excluding hydrogens is 158 g/mol. The molecule has 1 atom stereocenters. The molecule has 5 heteroatoms. The molecule has 1 heterocycles. The second-order valence-electron chi connectivity index (χ2n) is 2.76. The van der Waals surface area contributed by atoms with Gasteiger partial charge in [0.25, 0.3) is 0 Å². The summed E-state index contributed by atoms with van der Waals surface area (Å²) in [5.74, 6) is -1.03. The van der Waals surface area contributed by atoms with Crippen molar-refractivity contribution in [2.75, 3.05) is 0 Å². The molecular formula is C7H11N3O2. The summed E-state index contributed by atoms with van der Waals surface area (Å²) in [6.07, 6.45) is 0.611. The van der Waals surface area contributed by atoms with Gasteiger partial charge in [-0.1, -0.05) is 0 Å². The van der Waals surface area contributed by atoms with Crippen molar-refractivity contribution in [3.63, 3.8) is 0 Å². The minimum absolute atomic E-state index is 0.00657. The molecule has 0 aliphatic rings. The Balaban J connectivity index is 2.71. The largest absolute Gasteiger partial charge is 0.476 e. The van der Waals surface area contributed by atoms with E-state index >= 15 is 0 Å². The Hall–Kier alpha value is -1.36. The molecule has 0 spiro atoms. The van der Waals surface area contributed by atoms with Gasteiger partial charge in [-0.25, -0.2) is 4.79 Å². The Labute approximate surface area is 69.6 Å². The maximum absolute atomic E-state index is 10.4. The number of hydrogen-bond donors (Lipinski definition) is 3. The van der Waals surface area contributed by atoms with Crippen molar-refractivity contribution >= 4 is 5.97 Å². The van der Waals surface area contributed by atoms with Crippen LogP contribution in [0.25, 0.3) is 0 Å². The number of carbonyl (C=O) groups is 1. The summed E-state index contributed by atoms with van der Waals surface area (Å²) in [6.45, 7) is 1.85. The van der Waals surface area contributed by atoms with E-state index in [0.717, 1.165) is 5.69 Å². The molecule has 4 N–H and O–H groups in total. The van der Waals surface area contributed by atoms with E-state index in [0.29, 0.717) is 6.42 Å². The molecule has 0 aromatic carbocycles. The molecule has 0 radical (unpaired) electrons. The quantitative estimate of drug-likeness (QED) is 0.593. The van der Waals surface area contributed by atoms with Crippen molar-refractivity contribution in [1.82, 2.24) is 10.2 Å². The van der Waals surface area contributed by atoms with Gasteiger partial charge in [-0.15, -0.1) is 0 Å². The van der Waals surface area contributed by atoms with Gasteiger partial charge in [-0.3, -0.25) is 5.10 Å². The van der Waals surface area contributed by atoms with E-state index in [4.69, 9.17) is 10.8 Å². The first-order valence-electron chi connectivity index (χ1n) is 3.62. The van der Waals surface area contributed by atoms with E-state index < -0.39 is 5.97 Å². The first-order chi connectivity index (χ1) is 5.59. The number of aromatic carboxylic acids is 1. The highest BCUT2D eigenvalue weighted by molar-refractivity contribution is 5.85. The summed E-state index contributed by atoms with van der Waals surface area (Å²) < 4.78 is 0. The number of aromatic amines is 1. The van der Waals surface area contributed by atoms with Gasteiger partial charge < -0.3 is 10.8 Å². The van der Waals surface area contributed by atoms with Crippen LogP contribution in [0.4, 0.5) is 0 Å². The highest BCUT2D eigenvalue weighted by atomic mass is 16.4. The molecule has 1 aromatic rings. The molecule has 0 amide bonds. The second kappa shape index (κ2) is 3.36. The van der Waals surface area contributed by atoms with Gasteiger partial charge in [0.2, 0.25) is 0 Å². The molecule has 0 saturated heterocycles. The molecule has 0 saturated carbocycles. The molecule has 0 aliphatic heterocycles. The van der Waals surface area contributed by atoms with Crippen molar-refractivity contribution in [3.05, 3.63) is 17.5 Å². The number of H-pyrrole nitrogens is 1. The van der Waals surface area contributed by atoms with Crippen LogP contribution < -0.4 is 5.73 Å². The molecule has 0 aliphatic carbocycles. The predicted octanol–water partition coefficient (Wildman–Crippen LogP) is -0.00240. The van der Waals surface area contributed by atoms with Crippen LogP contribution in [0.15, 0.2) is 6.07 Å². The maximum atomic E-state index is 10.4. The lowest BCUT2D eigenvalue weighted by molar-refractivity contribution is 0.0690. The lowest BCUT2D eigenvalue weighted by Gasteiger charge is -1.99. The van der Waals surface area contributed by atoms with Crippen LogP contribution in [0.1, 0.15) is 23.1 Å². The van der Waals surface area contributed by atoms with Crippen LogP contribution in [0.3, 0.4) is 0 Å². The molecule has 12 heavy (non-hydrogen) atoms. The van der Waals surface area contributed by atoms with Crippen LogP contribution in [0, 0.1) is 0 Å². The highest BCUT2D eigenvalue weighted by Crippen LogP contribution is 2.01. The number of nitrogens with two attached hydrogens (primary N) is 1. The summed E-state index contributed by atoms with van der Waals surface area (Å²) in [6, 6.07) is 1.50. The Kier molecular flexibility index (Phi) is 2.44. The topological polar surface area (TPSA) is 92.0 Å². The van der Waals surface area contributed by atoms with Crippen molar-refractivity contribution < 1.29 is 9.90 Å².